The number of pyridine rings is 1. The summed E-state index contributed by atoms with van der Waals surface area (Å²) in [5.74, 6) is 1.01. The van der Waals surface area contributed by atoms with Crippen molar-refractivity contribution < 1.29 is 4.79 Å². The van der Waals surface area contributed by atoms with Gasteiger partial charge in [-0.3, -0.25) is 4.79 Å². The summed E-state index contributed by atoms with van der Waals surface area (Å²) in [5, 5.41) is 0.737. The van der Waals surface area contributed by atoms with E-state index in [0.717, 1.165) is 28.9 Å². The summed E-state index contributed by atoms with van der Waals surface area (Å²) in [6, 6.07) is 15.7. The van der Waals surface area contributed by atoms with Gasteiger partial charge in [-0.05, 0) is 35.9 Å². The van der Waals surface area contributed by atoms with E-state index in [1.807, 2.05) is 70.2 Å². The molecule has 1 fully saturated rings. The second-order valence-electron chi connectivity index (χ2n) is 5.54. The van der Waals surface area contributed by atoms with Crippen LogP contribution in [0.5, 0.6) is 0 Å². The highest BCUT2D eigenvalue weighted by Crippen LogP contribution is 2.39. The van der Waals surface area contributed by atoms with E-state index < -0.39 is 0 Å². The molecule has 0 bridgehead atoms. The van der Waals surface area contributed by atoms with Gasteiger partial charge in [0.2, 0.25) is 0 Å². The van der Waals surface area contributed by atoms with Crippen LogP contribution in [0.4, 0.5) is 0 Å². The summed E-state index contributed by atoms with van der Waals surface area (Å²) in [4.78, 5) is 14.9. The third kappa shape index (κ3) is 2.73. The fraction of sp³-hybridized carbons (Fsp3) is 0.167. The summed E-state index contributed by atoms with van der Waals surface area (Å²) in [6.45, 7) is 0.757. The lowest BCUT2D eigenvalue weighted by Gasteiger charge is -2.23. The molecule has 0 saturated carbocycles. The van der Waals surface area contributed by atoms with Crippen molar-refractivity contribution in [3.63, 3.8) is 0 Å². The molecule has 0 spiro atoms. The Kier molecular flexibility index (Phi) is 3.79. The number of carbonyl (C=O) groups excluding carboxylic acids is 1. The third-order valence-corrected chi connectivity index (χ3v) is 5.53. The Hall–Kier alpha value is -1.91. The minimum atomic E-state index is 0.0317. The van der Waals surface area contributed by atoms with Gasteiger partial charge in [-0.25, -0.2) is 0 Å². The first-order valence-electron chi connectivity index (χ1n) is 7.47. The Morgan fingerprint density at radius 3 is 2.91 bits per heavy atom. The Balaban J connectivity index is 1.66. The van der Waals surface area contributed by atoms with Gasteiger partial charge in [0.25, 0.3) is 5.91 Å². The van der Waals surface area contributed by atoms with Crippen molar-refractivity contribution in [3.05, 3.63) is 77.1 Å². The van der Waals surface area contributed by atoms with Crippen LogP contribution in [0.3, 0.4) is 0 Å². The van der Waals surface area contributed by atoms with Crippen LogP contribution in [0.25, 0.3) is 5.52 Å². The van der Waals surface area contributed by atoms with Crippen LogP contribution in [0.1, 0.15) is 21.3 Å². The summed E-state index contributed by atoms with van der Waals surface area (Å²) < 4.78 is 1.98. The monoisotopic (exact) mass is 342 g/mol. The lowest BCUT2D eigenvalue weighted by molar-refractivity contribution is 0.0760. The molecule has 0 N–H and O–H groups in total. The molecule has 1 unspecified atom stereocenters. The zero-order valence-electron chi connectivity index (χ0n) is 12.4. The first kappa shape index (κ1) is 14.7. The van der Waals surface area contributed by atoms with Gasteiger partial charge in [0.15, 0.2) is 0 Å². The molecule has 0 aliphatic carbocycles. The third-order valence-electron chi connectivity index (χ3n) is 4.04. The largest absolute Gasteiger partial charge is 0.323 e. The summed E-state index contributed by atoms with van der Waals surface area (Å²) >= 11 is 7.89. The lowest BCUT2D eigenvalue weighted by Crippen LogP contribution is -2.30. The fourth-order valence-corrected chi connectivity index (χ4v) is 4.40. The van der Waals surface area contributed by atoms with Crippen LogP contribution in [0.15, 0.2) is 60.9 Å². The number of fused-ring (bicyclic) bond motifs is 1. The highest BCUT2D eigenvalue weighted by Gasteiger charge is 2.31. The second-order valence-corrected chi connectivity index (χ2v) is 7.16. The average Bonchev–Trinajstić information content (AvgIpc) is 3.21. The van der Waals surface area contributed by atoms with E-state index in [4.69, 9.17) is 11.6 Å². The summed E-state index contributed by atoms with van der Waals surface area (Å²) in [6.07, 6.45) is 3.86. The van der Waals surface area contributed by atoms with Crippen molar-refractivity contribution in [2.75, 3.05) is 12.3 Å². The topological polar surface area (TPSA) is 24.7 Å². The van der Waals surface area contributed by atoms with Crippen LogP contribution in [-0.4, -0.2) is 27.5 Å². The molecule has 2 aromatic heterocycles. The maximum absolute atomic E-state index is 13.0. The average molecular weight is 343 g/mol. The second kappa shape index (κ2) is 5.95. The highest BCUT2D eigenvalue weighted by molar-refractivity contribution is 7.99. The number of halogens is 1. The van der Waals surface area contributed by atoms with Gasteiger partial charge in [-0.2, -0.15) is 0 Å². The van der Waals surface area contributed by atoms with E-state index in [9.17, 15) is 4.79 Å². The molecule has 1 aliphatic rings. The first-order chi connectivity index (χ1) is 11.2. The van der Waals surface area contributed by atoms with E-state index in [1.165, 1.54) is 0 Å². The van der Waals surface area contributed by atoms with Crippen molar-refractivity contribution in [1.82, 2.24) is 9.30 Å². The highest BCUT2D eigenvalue weighted by atomic mass is 35.5. The molecule has 1 atom stereocenters. The zero-order chi connectivity index (χ0) is 15.8. The van der Waals surface area contributed by atoms with Gasteiger partial charge < -0.3 is 9.30 Å². The van der Waals surface area contributed by atoms with Crippen molar-refractivity contribution >= 4 is 34.8 Å². The molecule has 3 aromatic rings. The van der Waals surface area contributed by atoms with Crippen LogP contribution in [0, 0.1) is 0 Å². The van der Waals surface area contributed by atoms with Gasteiger partial charge in [-0.15, -0.1) is 11.8 Å². The van der Waals surface area contributed by atoms with Gasteiger partial charge in [0, 0.05) is 35.2 Å². The van der Waals surface area contributed by atoms with Gasteiger partial charge in [0.05, 0.1) is 5.56 Å². The number of benzene rings is 1. The molecule has 1 amide bonds. The Bertz CT molecular complexity index is 843. The van der Waals surface area contributed by atoms with Crippen LogP contribution in [0.2, 0.25) is 5.02 Å². The maximum atomic E-state index is 13.0. The van der Waals surface area contributed by atoms with Gasteiger partial charge in [0.1, 0.15) is 5.37 Å². The molecule has 1 aromatic carbocycles. The number of amides is 1. The molecule has 3 heterocycles. The molecule has 3 nitrogen and oxygen atoms in total. The Morgan fingerprint density at radius 1 is 1.17 bits per heavy atom. The van der Waals surface area contributed by atoms with Crippen molar-refractivity contribution in [2.24, 2.45) is 0 Å². The van der Waals surface area contributed by atoms with Crippen molar-refractivity contribution in [1.29, 1.82) is 0 Å². The summed E-state index contributed by atoms with van der Waals surface area (Å²) in [7, 11) is 0. The number of aromatic nitrogens is 1. The molecular formula is C18H15ClN2OS. The molecule has 1 aliphatic heterocycles. The van der Waals surface area contributed by atoms with E-state index >= 15 is 0 Å². The number of nitrogens with zero attached hydrogens (tertiary/aromatic N) is 2. The Labute approximate surface area is 143 Å². The minimum absolute atomic E-state index is 0.0317. The standard InChI is InChI=1S/C18H15ClN2OS/c19-15-5-3-4-13(10-15)18-21(8-9-23-18)17(22)14-11-16-6-1-2-7-20(16)12-14/h1-7,10-12,18H,8-9H2. The molecule has 1 saturated heterocycles. The van der Waals surface area contributed by atoms with Crippen LogP contribution < -0.4 is 0 Å². The first-order valence-corrected chi connectivity index (χ1v) is 8.90. The van der Waals surface area contributed by atoms with E-state index in [2.05, 4.69) is 0 Å². The minimum Gasteiger partial charge on any atom is -0.323 e. The SMILES string of the molecule is O=C(c1cc2ccccn2c1)N1CCSC1c1cccc(Cl)c1. The molecular weight excluding hydrogens is 328 g/mol. The Morgan fingerprint density at radius 2 is 2.09 bits per heavy atom. The zero-order valence-corrected chi connectivity index (χ0v) is 13.9. The summed E-state index contributed by atoms with van der Waals surface area (Å²) in [5.41, 5.74) is 2.84. The number of carbonyl (C=O) groups is 1. The molecule has 5 heteroatoms. The molecule has 23 heavy (non-hydrogen) atoms. The smallest absolute Gasteiger partial charge is 0.256 e. The van der Waals surface area contributed by atoms with Gasteiger partial charge in [-0.1, -0.05) is 29.8 Å². The predicted octanol–water partition coefficient (Wildman–Crippen LogP) is 4.48. The van der Waals surface area contributed by atoms with E-state index in [-0.39, 0.29) is 11.3 Å². The van der Waals surface area contributed by atoms with Crippen LogP contribution in [-0.2, 0) is 0 Å². The van der Waals surface area contributed by atoms with Crippen molar-refractivity contribution in [2.45, 2.75) is 5.37 Å². The van der Waals surface area contributed by atoms with Gasteiger partial charge >= 0.3 is 0 Å². The van der Waals surface area contributed by atoms with Crippen molar-refractivity contribution in [3.8, 4) is 0 Å². The number of hydrogen-bond acceptors (Lipinski definition) is 2. The van der Waals surface area contributed by atoms with E-state index in [0.29, 0.717) is 5.02 Å². The number of hydrogen-bond donors (Lipinski definition) is 0. The fourth-order valence-electron chi connectivity index (χ4n) is 2.95. The normalized spacial score (nSPS) is 17.8. The lowest BCUT2D eigenvalue weighted by atomic mass is 10.2. The van der Waals surface area contributed by atoms with E-state index in [1.54, 1.807) is 11.8 Å². The van der Waals surface area contributed by atoms with Crippen LogP contribution >= 0.6 is 23.4 Å². The molecule has 4 rings (SSSR count). The number of rotatable bonds is 2. The quantitative estimate of drug-likeness (QED) is 0.686. The predicted molar refractivity (Wildman–Crippen MR) is 95.1 cm³/mol. The number of thioether (sulfide) groups is 1. The molecule has 116 valence electrons. The maximum Gasteiger partial charge on any atom is 0.256 e. The molecule has 0 radical (unpaired) electrons.